The van der Waals surface area contributed by atoms with Gasteiger partial charge in [-0.1, -0.05) is 23.8 Å². The van der Waals surface area contributed by atoms with Gasteiger partial charge in [-0.15, -0.1) is 0 Å². The maximum atomic E-state index is 13.3. The third-order valence-corrected chi connectivity index (χ3v) is 7.37. The van der Waals surface area contributed by atoms with Crippen molar-refractivity contribution in [2.24, 2.45) is 0 Å². The third kappa shape index (κ3) is 4.50. The van der Waals surface area contributed by atoms with Crippen LogP contribution in [0, 0.1) is 13.8 Å². The maximum absolute atomic E-state index is 13.3. The summed E-state index contributed by atoms with van der Waals surface area (Å²) in [5.74, 6) is -1.31. The van der Waals surface area contributed by atoms with Gasteiger partial charge in [0.25, 0.3) is 5.91 Å². The summed E-state index contributed by atoms with van der Waals surface area (Å²) in [4.78, 5) is 41.2. The molecule has 2 aromatic carbocycles. The lowest BCUT2D eigenvalue weighted by Gasteiger charge is -2.35. The molecule has 1 unspecified atom stereocenters. The molecule has 0 radical (unpaired) electrons. The van der Waals surface area contributed by atoms with Gasteiger partial charge in [0.2, 0.25) is 11.8 Å². The lowest BCUT2D eigenvalue weighted by molar-refractivity contribution is -0.121. The van der Waals surface area contributed by atoms with Gasteiger partial charge in [-0.25, -0.2) is 8.42 Å². The molecule has 2 aromatic rings. The van der Waals surface area contributed by atoms with E-state index in [0.717, 1.165) is 23.1 Å². The van der Waals surface area contributed by atoms with Crippen LogP contribution in [-0.2, 0) is 19.4 Å². The van der Waals surface area contributed by atoms with Crippen molar-refractivity contribution in [2.75, 3.05) is 37.3 Å². The van der Waals surface area contributed by atoms with Crippen LogP contribution in [0.2, 0.25) is 0 Å². The van der Waals surface area contributed by atoms with Gasteiger partial charge in [-0.2, -0.15) is 0 Å². The van der Waals surface area contributed by atoms with E-state index in [1.54, 1.807) is 11.0 Å². The Morgan fingerprint density at radius 1 is 1.06 bits per heavy atom. The zero-order valence-corrected chi connectivity index (χ0v) is 19.7. The number of anilines is 1. The number of hydrogen-bond donors (Lipinski definition) is 1. The molecule has 0 spiro atoms. The van der Waals surface area contributed by atoms with Crippen LogP contribution in [0.5, 0.6) is 0 Å². The van der Waals surface area contributed by atoms with Crippen molar-refractivity contribution >= 4 is 33.2 Å². The zero-order valence-electron chi connectivity index (χ0n) is 18.9. The van der Waals surface area contributed by atoms with Crippen molar-refractivity contribution in [1.29, 1.82) is 0 Å². The van der Waals surface area contributed by atoms with E-state index in [9.17, 15) is 22.8 Å². The fraction of sp³-hybridized carbons (Fsp3) is 0.375. The second-order valence-electron chi connectivity index (χ2n) is 8.72. The van der Waals surface area contributed by atoms with Gasteiger partial charge in [-0.05, 0) is 49.6 Å². The highest BCUT2D eigenvalue weighted by Crippen LogP contribution is 2.29. The molecule has 0 aromatic heterocycles. The molecular weight excluding hydrogens is 442 g/mol. The molecule has 2 fully saturated rings. The van der Waals surface area contributed by atoms with E-state index < -0.39 is 21.7 Å². The minimum atomic E-state index is -3.74. The number of rotatable bonds is 4. The number of nitrogens with zero attached hydrogens (tertiary/aromatic N) is 2. The molecule has 1 N–H and O–H groups in total. The normalized spacial score (nSPS) is 19.1. The van der Waals surface area contributed by atoms with Crippen LogP contribution in [0.25, 0.3) is 0 Å². The summed E-state index contributed by atoms with van der Waals surface area (Å²) in [7, 11) is -3.74. The quantitative estimate of drug-likeness (QED) is 0.735. The topological polar surface area (TPSA) is 104 Å². The first-order chi connectivity index (χ1) is 15.6. The average Bonchev–Trinajstić information content (AvgIpc) is 3.18. The second kappa shape index (κ2) is 8.62. The summed E-state index contributed by atoms with van der Waals surface area (Å²) in [5.41, 5.74) is 3.48. The van der Waals surface area contributed by atoms with Gasteiger partial charge >= 0.3 is 0 Å². The largest absolute Gasteiger partial charge is 0.356 e. The molecule has 2 heterocycles. The monoisotopic (exact) mass is 469 g/mol. The van der Waals surface area contributed by atoms with Crippen molar-refractivity contribution in [3.63, 3.8) is 0 Å². The average molecular weight is 470 g/mol. The summed E-state index contributed by atoms with van der Waals surface area (Å²) in [6.07, 6.45) is 1.62. The van der Waals surface area contributed by atoms with Gasteiger partial charge < -0.3 is 15.1 Å². The van der Waals surface area contributed by atoms with E-state index in [0.29, 0.717) is 25.1 Å². The summed E-state index contributed by atoms with van der Waals surface area (Å²) < 4.78 is 25.0. The highest BCUT2D eigenvalue weighted by molar-refractivity contribution is 7.90. The van der Waals surface area contributed by atoms with Crippen LogP contribution < -0.4 is 10.2 Å². The Kier molecular flexibility index (Phi) is 6.00. The molecule has 3 amide bonds. The number of benzene rings is 2. The Bertz CT molecular complexity index is 1250. The lowest BCUT2D eigenvalue weighted by atomic mass is 9.96. The van der Waals surface area contributed by atoms with Crippen LogP contribution in [0.4, 0.5) is 5.69 Å². The number of sulfone groups is 1. The van der Waals surface area contributed by atoms with Crippen molar-refractivity contribution in [1.82, 2.24) is 10.2 Å². The molecule has 0 bridgehead atoms. The molecule has 1 atom stereocenters. The molecule has 2 aliphatic rings. The number of carbonyl (C=O) groups is 3. The van der Waals surface area contributed by atoms with Gasteiger partial charge in [0, 0.05) is 31.6 Å². The number of carbonyl (C=O) groups excluding carboxylic acids is 3. The zero-order chi connectivity index (χ0) is 23.9. The van der Waals surface area contributed by atoms with E-state index in [2.05, 4.69) is 5.32 Å². The highest BCUT2D eigenvalue weighted by Gasteiger charge is 2.33. The Morgan fingerprint density at radius 2 is 1.82 bits per heavy atom. The van der Waals surface area contributed by atoms with Crippen molar-refractivity contribution in [3.05, 3.63) is 58.7 Å². The van der Waals surface area contributed by atoms with Crippen LogP contribution in [0.1, 0.15) is 39.4 Å². The van der Waals surface area contributed by atoms with Gasteiger partial charge in [0.05, 0.1) is 16.4 Å². The molecule has 4 rings (SSSR count). The molecule has 8 nitrogen and oxygen atoms in total. The minimum absolute atomic E-state index is 0.0208. The Hall–Kier alpha value is -3.20. The molecule has 33 heavy (non-hydrogen) atoms. The summed E-state index contributed by atoms with van der Waals surface area (Å²) in [5, 5.41) is 2.74. The van der Waals surface area contributed by atoms with Gasteiger partial charge in [0.15, 0.2) is 9.84 Å². The second-order valence-corrected chi connectivity index (χ2v) is 10.7. The molecular formula is C24H27N3O5S. The number of hydrogen-bond acceptors (Lipinski definition) is 5. The van der Waals surface area contributed by atoms with E-state index in [-0.39, 0.29) is 35.4 Å². The number of piperazine rings is 1. The van der Waals surface area contributed by atoms with Crippen LogP contribution in [0.3, 0.4) is 0 Å². The molecule has 174 valence electrons. The SMILES string of the molecule is Cc1ccc(N2CCN(C(=O)c3ccc(C4CCNC4=O)cc3S(C)(=O)=O)CC2=O)c(C)c1. The Balaban J connectivity index is 1.59. The first-order valence-electron chi connectivity index (χ1n) is 10.8. The fourth-order valence-electron chi connectivity index (χ4n) is 4.53. The Labute approximate surface area is 193 Å². The van der Waals surface area contributed by atoms with Crippen molar-refractivity contribution in [2.45, 2.75) is 31.1 Å². The van der Waals surface area contributed by atoms with Crippen molar-refractivity contribution < 1.29 is 22.8 Å². The minimum Gasteiger partial charge on any atom is -0.356 e. The number of amides is 3. The molecule has 2 aliphatic heterocycles. The standard InChI is InChI=1S/C24H27N3O5S/c1-15-4-7-20(16(2)12-15)27-11-10-26(14-22(27)28)24(30)19-6-5-17(13-21(19)33(3,31)32)18-8-9-25-23(18)29/h4-7,12-13,18H,8-11,14H2,1-3H3,(H,25,29). The summed E-state index contributed by atoms with van der Waals surface area (Å²) in [6, 6.07) is 10.4. The highest BCUT2D eigenvalue weighted by atomic mass is 32.2. The predicted octanol–water partition coefficient (Wildman–Crippen LogP) is 1.80. The summed E-state index contributed by atoms with van der Waals surface area (Å²) in [6.45, 7) is 4.93. The lowest BCUT2D eigenvalue weighted by Crippen LogP contribution is -2.52. The summed E-state index contributed by atoms with van der Waals surface area (Å²) >= 11 is 0. The predicted molar refractivity (Wildman–Crippen MR) is 124 cm³/mol. The van der Waals surface area contributed by atoms with Gasteiger partial charge in [-0.3, -0.25) is 14.4 Å². The van der Waals surface area contributed by atoms with Crippen LogP contribution in [0.15, 0.2) is 41.3 Å². The number of nitrogens with one attached hydrogen (secondary N) is 1. The van der Waals surface area contributed by atoms with Crippen LogP contribution >= 0.6 is 0 Å². The molecule has 0 aliphatic carbocycles. The van der Waals surface area contributed by atoms with Crippen LogP contribution in [-0.4, -0.2) is 63.5 Å². The van der Waals surface area contributed by atoms with Crippen molar-refractivity contribution in [3.8, 4) is 0 Å². The molecule has 2 saturated heterocycles. The smallest absolute Gasteiger partial charge is 0.255 e. The number of aryl methyl sites for hydroxylation is 2. The first-order valence-corrected chi connectivity index (χ1v) is 12.7. The van der Waals surface area contributed by atoms with E-state index in [4.69, 9.17) is 0 Å². The third-order valence-electron chi connectivity index (χ3n) is 6.24. The van der Waals surface area contributed by atoms with E-state index in [1.807, 2.05) is 32.0 Å². The maximum Gasteiger partial charge on any atom is 0.255 e. The fourth-order valence-corrected chi connectivity index (χ4v) is 5.44. The molecule has 0 saturated carbocycles. The Morgan fingerprint density at radius 3 is 2.42 bits per heavy atom. The van der Waals surface area contributed by atoms with E-state index in [1.165, 1.54) is 17.0 Å². The first kappa shape index (κ1) is 23.0. The molecule has 9 heteroatoms. The van der Waals surface area contributed by atoms with Gasteiger partial charge in [0.1, 0.15) is 6.54 Å². The van der Waals surface area contributed by atoms with E-state index >= 15 is 0 Å².